The quantitative estimate of drug-likeness (QED) is 0.662. The molecule has 0 heterocycles. The van der Waals surface area contributed by atoms with Gasteiger partial charge in [0.25, 0.3) is 5.91 Å². The van der Waals surface area contributed by atoms with Crippen LogP contribution in [0.25, 0.3) is 0 Å². The van der Waals surface area contributed by atoms with Crippen molar-refractivity contribution < 1.29 is 23.5 Å². The number of benzene rings is 2. The third-order valence-corrected chi connectivity index (χ3v) is 5.56. The second kappa shape index (κ2) is 10.8. The Morgan fingerprint density at radius 1 is 1.10 bits per heavy atom. The van der Waals surface area contributed by atoms with E-state index in [4.69, 9.17) is 9.47 Å². The molecule has 0 saturated heterocycles. The summed E-state index contributed by atoms with van der Waals surface area (Å²) in [4.78, 5) is 27.4. The molecule has 0 bridgehead atoms. The molecule has 1 aliphatic rings. The highest BCUT2D eigenvalue weighted by Crippen LogP contribution is 2.26. The maximum absolute atomic E-state index is 13.3. The van der Waals surface area contributed by atoms with E-state index in [1.54, 1.807) is 37.3 Å². The van der Waals surface area contributed by atoms with E-state index in [0.717, 1.165) is 31.2 Å². The van der Waals surface area contributed by atoms with Crippen molar-refractivity contribution in [1.29, 1.82) is 0 Å². The lowest BCUT2D eigenvalue weighted by Crippen LogP contribution is -2.50. The highest BCUT2D eigenvalue weighted by molar-refractivity contribution is 5.88. The van der Waals surface area contributed by atoms with Gasteiger partial charge in [-0.25, -0.2) is 4.39 Å². The lowest BCUT2D eigenvalue weighted by molar-refractivity contribution is -0.142. The average molecular weight is 429 g/mol. The molecule has 31 heavy (non-hydrogen) atoms. The number of ether oxygens (including phenoxy) is 2. The van der Waals surface area contributed by atoms with Crippen molar-refractivity contribution in [2.75, 3.05) is 13.7 Å². The molecule has 2 aromatic carbocycles. The van der Waals surface area contributed by atoms with Crippen LogP contribution in [0, 0.1) is 5.82 Å². The second-order valence-corrected chi connectivity index (χ2v) is 7.75. The molecule has 1 aliphatic carbocycles. The highest BCUT2D eigenvalue weighted by atomic mass is 19.1. The molecule has 1 fully saturated rings. The van der Waals surface area contributed by atoms with Gasteiger partial charge in [-0.3, -0.25) is 9.59 Å². The number of amides is 2. The minimum atomic E-state index is -0.695. The van der Waals surface area contributed by atoms with Crippen molar-refractivity contribution in [3.05, 3.63) is 59.9 Å². The largest absolute Gasteiger partial charge is 0.493 e. The number of methoxy groups -OCH3 is 1. The monoisotopic (exact) mass is 428 g/mol. The van der Waals surface area contributed by atoms with Crippen LogP contribution in [-0.4, -0.2) is 42.5 Å². The fourth-order valence-electron chi connectivity index (χ4n) is 3.72. The van der Waals surface area contributed by atoms with Crippen LogP contribution in [0.1, 0.15) is 38.2 Å². The first-order valence-electron chi connectivity index (χ1n) is 10.6. The van der Waals surface area contributed by atoms with Crippen molar-refractivity contribution in [2.45, 2.75) is 51.2 Å². The first-order chi connectivity index (χ1) is 15.0. The Kier molecular flexibility index (Phi) is 7.87. The average Bonchev–Trinajstić information content (AvgIpc) is 3.29. The second-order valence-electron chi connectivity index (χ2n) is 7.75. The van der Waals surface area contributed by atoms with Crippen molar-refractivity contribution in [3.63, 3.8) is 0 Å². The zero-order valence-corrected chi connectivity index (χ0v) is 18.0. The van der Waals surface area contributed by atoms with Crippen LogP contribution in [0.4, 0.5) is 4.39 Å². The summed E-state index contributed by atoms with van der Waals surface area (Å²) in [6.07, 6.45) is 4.12. The summed E-state index contributed by atoms with van der Waals surface area (Å²) in [5, 5.41) is 3.05. The van der Waals surface area contributed by atoms with Gasteiger partial charge in [-0.2, -0.15) is 0 Å². The summed E-state index contributed by atoms with van der Waals surface area (Å²) in [5.74, 6) is 0.0765. The Labute approximate surface area is 182 Å². The first-order valence-corrected chi connectivity index (χ1v) is 10.6. The van der Waals surface area contributed by atoms with E-state index in [1.807, 2.05) is 6.07 Å². The van der Waals surface area contributed by atoms with Crippen molar-refractivity contribution >= 4 is 11.8 Å². The van der Waals surface area contributed by atoms with Gasteiger partial charge in [0.05, 0.1) is 7.11 Å². The topological polar surface area (TPSA) is 67.9 Å². The van der Waals surface area contributed by atoms with Crippen LogP contribution in [0.5, 0.6) is 11.5 Å². The number of para-hydroxylation sites is 2. The van der Waals surface area contributed by atoms with Crippen LogP contribution >= 0.6 is 0 Å². The Balaban J connectivity index is 1.72. The molecule has 166 valence electrons. The van der Waals surface area contributed by atoms with Gasteiger partial charge in [-0.1, -0.05) is 37.1 Å². The maximum Gasteiger partial charge on any atom is 0.261 e. The normalized spacial score (nSPS) is 14.7. The van der Waals surface area contributed by atoms with Gasteiger partial charge in [0, 0.05) is 12.6 Å². The number of nitrogens with zero attached hydrogens (tertiary/aromatic N) is 1. The Morgan fingerprint density at radius 3 is 2.39 bits per heavy atom. The summed E-state index contributed by atoms with van der Waals surface area (Å²) in [5.41, 5.74) is 0.729. The molecule has 7 heteroatoms. The zero-order valence-electron chi connectivity index (χ0n) is 18.0. The van der Waals surface area contributed by atoms with Crippen molar-refractivity contribution in [1.82, 2.24) is 10.2 Å². The number of nitrogens with one attached hydrogen (secondary N) is 1. The van der Waals surface area contributed by atoms with E-state index in [-0.39, 0.29) is 36.8 Å². The van der Waals surface area contributed by atoms with Gasteiger partial charge in [-0.15, -0.1) is 0 Å². The van der Waals surface area contributed by atoms with Crippen LogP contribution in [0.2, 0.25) is 0 Å². The standard InChI is InChI=1S/C24H29FN2O4/c1-17(24(29)26-20-7-3-4-8-20)27(15-18-11-13-19(25)14-12-18)23(28)16-31-22-10-6-5-9-21(22)30-2/h5-6,9-14,17,20H,3-4,7-8,15-16H2,1-2H3,(H,26,29). The van der Waals surface area contributed by atoms with Crippen LogP contribution in [0.15, 0.2) is 48.5 Å². The lowest BCUT2D eigenvalue weighted by atomic mass is 10.1. The number of hydrogen-bond acceptors (Lipinski definition) is 4. The molecule has 0 spiro atoms. The van der Waals surface area contributed by atoms with Gasteiger partial charge < -0.3 is 19.7 Å². The van der Waals surface area contributed by atoms with Crippen LogP contribution < -0.4 is 14.8 Å². The molecule has 0 radical (unpaired) electrons. The summed E-state index contributed by atoms with van der Waals surface area (Å²) in [7, 11) is 1.53. The van der Waals surface area contributed by atoms with E-state index in [2.05, 4.69) is 5.32 Å². The maximum atomic E-state index is 13.3. The highest BCUT2D eigenvalue weighted by Gasteiger charge is 2.29. The van der Waals surface area contributed by atoms with Crippen molar-refractivity contribution in [3.8, 4) is 11.5 Å². The van der Waals surface area contributed by atoms with E-state index in [1.165, 1.54) is 24.1 Å². The molecule has 0 aliphatic heterocycles. The Bertz CT molecular complexity index is 881. The molecule has 1 N–H and O–H groups in total. The molecule has 3 rings (SSSR count). The zero-order chi connectivity index (χ0) is 22.2. The van der Waals surface area contributed by atoms with Gasteiger partial charge >= 0.3 is 0 Å². The minimum Gasteiger partial charge on any atom is -0.493 e. The number of rotatable bonds is 9. The lowest BCUT2D eigenvalue weighted by Gasteiger charge is -2.29. The minimum absolute atomic E-state index is 0.155. The summed E-state index contributed by atoms with van der Waals surface area (Å²) in [6, 6.07) is 12.4. The molecular formula is C24H29FN2O4. The number of halogens is 1. The molecular weight excluding hydrogens is 399 g/mol. The number of carbonyl (C=O) groups excluding carboxylic acids is 2. The van der Waals surface area contributed by atoms with Crippen LogP contribution in [0.3, 0.4) is 0 Å². The molecule has 2 amide bonds. The Morgan fingerprint density at radius 2 is 1.74 bits per heavy atom. The van der Waals surface area contributed by atoms with Crippen LogP contribution in [-0.2, 0) is 16.1 Å². The number of hydrogen-bond donors (Lipinski definition) is 1. The van der Waals surface area contributed by atoms with Gasteiger partial charge in [-0.05, 0) is 49.6 Å². The summed E-state index contributed by atoms with van der Waals surface area (Å²) >= 11 is 0. The number of carbonyl (C=O) groups is 2. The fraction of sp³-hybridized carbons (Fsp3) is 0.417. The SMILES string of the molecule is COc1ccccc1OCC(=O)N(Cc1ccc(F)cc1)C(C)C(=O)NC1CCCC1. The van der Waals surface area contributed by atoms with E-state index in [0.29, 0.717) is 11.5 Å². The predicted molar refractivity (Wildman–Crippen MR) is 115 cm³/mol. The fourth-order valence-corrected chi connectivity index (χ4v) is 3.72. The summed E-state index contributed by atoms with van der Waals surface area (Å²) in [6.45, 7) is 1.63. The van der Waals surface area contributed by atoms with Gasteiger partial charge in [0.15, 0.2) is 18.1 Å². The van der Waals surface area contributed by atoms with Gasteiger partial charge in [0.2, 0.25) is 5.91 Å². The van der Waals surface area contributed by atoms with Gasteiger partial charge in [0.1, 0.15) is 11.9 Å². The molecule has 0 aromatic heterocycles. The summed E-state index contributed by atoms with van der Waals surface area (Å²) < 4.78 is 24.2. The third-order valence-electron chi connectivity index (χ3n) is 5.56. The van der Waals surface area contributed by atoms with E-state index in [9.17, 15) is 14.0 Å². The van der Waals surface area contributed by atoms with E-state index >= 15 is 0 Å². The third kappa shape index (κ3) is 6.20. The molecule has 2 aromatic rings. The first kappa shape index (κ1) is 22.6. The van der Waals surface area contributed by atoms with E-state index < -0.39 is 6.04 Å². The molecule has 1 saturated carbocycles. The Hall–Kier alpha value is -3.09. The predicted octanol–water partition coefficient (Wildman–Crippen LogP) is 3.69. The molecule has 1 atom stereocenters. The molecule has 6 nitrogen and oxygen atoms in total. The van der Waals surface area contributed by atoms with Crippen molar-refractivity contribution in [2.24, 2.45) is 0 Å². The smallest absolute Gasteiger partial charge is 0.261 e. The molecule has 1 unspecified atom stereocenters.